The number of carbonyl (C=O) groups is 2. The van der Waals surface area contributed by atoms with E-state index in [-0.39, 0.29) is 22.8 Å². The monoisotopic (exact) mass is 487 g/mol. The van der Waals surface area contributed by atoms with E-state index < -0.39 is 28.6 Å². The first kappa shape index (κ1) is 24.3. The van der Waals surface area contributed by atoms with Crippen molar-refractivity contribution >= 4 is 33.6 Å². The van der Waals surface area contributed by atoms with Crippen LogP contribution in [0.2, 0.25) is 5.02 Å². The lowest BCUT2D eigenvalue weighted by Crippen LogP contribution is -2.28. The Hall–Kier alpha value is -3.36. The van der Waals surface area contributed by atoms with Crippen LogP contribution in [0.4, 0.5) is 0 Å². The summed E-state index contributed by atoms with van der Waals surface area (Å²) in [7, 11) is -4.20. The molecule has 0 saturated carbocycles. The van der Waals surface area contributed by atoms with Gasteiger partial charge in [0.05, 0.1) is 0 Å². The zero-order valence-electron chi connectivity index (χ0n) is 18.0. The topological polar surface area (TPSA) is 98.8 Å². The van der Waals surface area contributed by atoms with Crippen molar-refractivity contribution in [1.82, 2.24) is 5.32 Å². The average molecular weight is 488 g/mol. The maximum Gasteiger partial charge on any atom is 0.342 e. The van der Waals surface area contributed by atoms with Crippen molar-refractivity contribution in [2.24, 2.45) is 0 Å². The van der Waals surface area contributed by atoms with Gasteiger partial charge in [0.2, 0.25) is 0 Å². The van der Waals surface area contributed by atoms with E-state index in [1.54, 1.807) is 50.2 Å². The van der Waals surface area contributed by atoms with E-state index in [4.69, 9.17) is 20.5 Å². The number of benzene rings is 3. The highest BCUT2D eigenvalue weighted by atomic mass is 35.5. The maximum atomic E-state index is 12.8. The highest BCUT2D eigenvalue weighted by Crippen LogP contribution is 2.26. The van der Waals surface area contributed by atoms with Crippen molar-refractivity contribution in [3.63, 3.8) is 0 Å². The minimum absolute atomic E-state index is 0.00428. The molecule has 7 nitrogen and oxygen atoms in total. The molecule has 0 atom stereocenters. The molecule has 9 heteroatoms. The molecule has 0 aliphatic heterocycles. The van der Waals surface area contributed by atoms with Crippen molar-refractivity contribution in [2.45, 2.75) is 25.3 Å². The largest absolute Gasteiger partial charge is 0.452 e. The molecule has 3 aromatic rings. The maximum absolute atomic E-state index is 12.8. The molecule has 1 N–H and O–H groups in total. The number of aryl methyl sites for hydroxylation is 2. The molecule has 0 radical (unpaired) electrons. The highest BCUT2D eigenvalue weighted by molar-refractivity contribution is 7.87. The molecular weight excluding hydrogens is 466 g/mol. The summed E-state index contributed by atoms with van der Waals surface area (Å²) in [5, 5.41) is 3.11. The Morgan fingerprint density at radius 3 is 2.42 bits per heavy atom. The number of para-hydroxylation sites is 1. The van der Waals surface area contributed by atoms with Gasteiger partial charge in [0.1, 0.15) is 10.5 Å². The van der Waals surface area contributed by atoms with E-state index in [1.165, 1.54) is 30.3 Å². The van der Waals surface area contributed by atoms with Crippen LogP contribution in [-0.4, -0.2) is 26.9 Å². The van der Waals surface area contributed by atoms with Crippen LogP contribution in [0.5, 0.6) is 5.75 Å². The lowest BCUT2D eigenvalue weighted by Gasteiger charge is -2.13. The molecule has 0 fully saturated rings. The van der Waals surface area contributed by atoms with Gasteiger partial charge in [-0.15, -0.1) is 0 Å². The number of halogens is 1. The van der Waals surface area contributed by atoms with Crippen molar-refractivity contribution in [3.8, 4) is 5.75 Å². The Bertz CT molecular complexity index is 1290. The van der Waals surface area contributed by atoms with Crippen LogP contribution in [0.1, 0.15) is 27.0 Å². The smallest absolute Gasteiger partial charge is 0.342 e. The van der Waals surface area contributed by atoms with Gasteiger partial charge in [0, 0.05) is 11.6 Å². The summed E-state index contributed by atoms with van der Waals surface area (Å²) in [6.07, 6.45) is 0. The summed E-state index contributed by atoms with van der Waals surface area (Å²) < 4.78 is 35.9. The number of carbonyl (C=O) groups excluding carboxylic acids is 2. The fourth-order valence-electron chi connectivity index (χ4n) is 2.94. The van der Waals surface area contributed by atoms with Crippen LogP contribution >= 0.6 is 11.6 Å². The van der Waals surface area contributed by atoms with E-state index in [0.717, 1.165) is 5.56 Å². The van der Waals surface area contributed by atoms with Gasteiger partial charge in [-0.25, -0.2) is 4.79 Å². The van der Waals surface area contributed by atoms with Gasteiger partial charge in [0.15, 0.2) is 12.4 Å². The van der Waals surface area contributed by atoms with Crippen LogP contribution in [0.15, 0.2) is 71.6 Å². The lowest BCUT2D eigenvalue weighted by molar-refractivity contribution is -0.124. The van der Waals surface area contributed by atoms with Crippen molar-refractivity contribution in [1.29, 1.82) is 0 Å². The zero-order valence-corrected chi connectivity index (χ0v) is 19.6. The molecule has 0 aliphatic rings. The Morgan fingerprint density at radius 2 is 1.67 bits per heavy atom. The van der Waals surface area contributed by atoms with Gasteiger partial charge in [-0.3, -0.25) is 4.79 Å². The molecule has 1 amide bonds. The summed E-state index contributed by atoms with van der Waals surface area (Å²) >= 11 is 6.05. The number of ether oxygens (including phenoxy) is 1. The van der Waals surface area contributed by atoms with Crippen LogP contribution in [-0.2, 0) is 26.2 Å². The molecule has 0 aromatic heterocycles. The quantitative estimate of drug-likeness (QED) is 0.377. The molecule has 0 heterocycles. The molecule has 3 rings (SSSR count). The second-order valence-electron chi connectivity index (χ2n) is 7.25. The molecular formula is C24H22ClNO6S. The Labute approximate surface area is 197 Å². The zero-order chi connectivity index (χ0) is 24.0. The molecule has 0 bridgehead atoms. The van der Waals surface area contributed by atoms with Crippen LogP contribution in [0.25, 0.3) is 0 Å². The van der Waals surface area contributed by atoms with Gasteiger partial charge in [-0.2, -0.15) is 8.42 Å². The Morgan fingerprint density at radius 1 is 0.970 bits per heavy atom. The van der Waals surface area contributed by atoms with E-state index >= 15 is 0 Å². The summed E-state index contributed by atoms with van der Waals surface area (Å²) in [6.45, 7) is 3.03. The van der Waals surface area contributed by atoms with Gasteiger partial charge in [-0.05, 0) is 54.8 Å². The minimum Gasteiger partial charge on any atom is -0.452 e. The Balaban J connectivity index is 1.67. The fourth-order valence-corrected chi connectivity index (χ4v) is 4.41. The van der Waals surface area contributed by atoms with Crippen molar-refractivity contribution in [2.75, 3.05) is 6.61 Å². The second-order valence-corrected chi connectivity index (χ2v) is 9.17. The summed E-state index contributed by atoms with van der Waals surface area (Å²) in [6, 6.07) is 17.7. The average Bonchev–Trinajstić information content (AvgIpc) is 2.78. The molecule has 3 aromatic carbocycles. The molecule has 172 valence electrons. The highest BCUT2D eigenvalue weighted by Gasteiger charge is 2.23. The third-order valence-corrected chi connectivity index (χ3v) is 6.43. The summed E-state index contributed by atoms with van der Waals surface area (Å²) in [5.41, 5.74) is 1.86. The Kier molecular flexibility index (Phi) is 7.73. The van der Waals surface area contributed by atoms with Crippen molar-refractivity contribution in [3.05, 3.63) is 94.0 Å². The van der Waals surface area contributed by atoms with E-state index in [0.29, 0.717) is 16.1 Å². The second kappa shape index (κ2) is 10.5. The number of nitrogens with one attached hydrogen (secondary N) is 1. The minimum atomic E-state index is -4.20. The van der Waals surface area contributed by atoms with Gasteiger partial charge in [0.25, 0.3) is 5.91 Å². The first-order valence-electron chi connectivity index (χ1n) is 9.95. The molecule has 0 saturated heterocycles. The first-order chi connectivity index (χ1) is 15.7. The van der Waals surface area contributed by atoms with Gasteiger partial charge in [-0.1, -0.05) is 54.1 Å². The fraction of sp³-hybridized carbons (Fsp3) is 0.167. The predicted molar refractivity (Wildman–Crippen MR) is 124 cm³/mol. The van der Waals surface area contributed by atoms with E-state index in [2.05, 4.69) is 5.32 Å². The van der Waals surface area contributed by atoms with Gasteiger partial charge < -0.3 is 14.2 Å². The SMILES string of the molecule is Cc1ccc(C)c(S(=O)(=O)Oc2ccccc2C(=O)OCC(=O)NCc2ccccc2Cl)c1. The summed E-state index contributed by atoms with van der Waals surface area (Å²) in [4.78, 5) is 24.6. The predicted octanol–water partition coefficient (Wildman–Crippen LogP) is 4.20. The van der Waals surface area contributed by atoms with Crippen molar-refractivity contribution < 1.29 is 26.9 Å². The van der Waals surface area contributed by atoms with E-state index in [9.17, 15) is 18.0 Å². The molecule has 0 aliphatic carbocycles. The number of esters is 1. The number of hydrogen-bond acceptors (Lipinski definition) is 6. The normalized spacial score (nSPS) is 11.0. The van der Waals surface area contributed by atoms with Crippen LogP contribution < -0.4 is 9.50 Å². The molecule has 0 spiro atoms. The van der Waals surface area contributed by atoms with Crippen LogP contribution in [0.3, 0.4) is 0 Å². The third-order valence-electron chi connectivity index (χ3n) is 4.69. The number of hydrogen-bond donors (Lipinski definition) is 1. The number of amides is 1. The molecule has 33 heavy (non-hydrogen) atoms. The third kappa shape index (κ3) is 6.34. The lowest BCUT2D eigenvalue weighted by atomic mass is 10.2. The first-order valence-corrected chi connectivity index (χ1v) is 11.7. The summed E-state index contributed by atoms with van der Waals surface area (Å²) in [5.74, 6) is -1.63. The number of rotatable bonds is 8. The standard InChI is InChI=1S/C24H22ClNO6S/c1-16-11-12-17(2)22(13-16)33(29,30)32-21-10-6-4-8-19(21)24(28)31-15-23(27)26-14-18-7-3-5-9-20(18)25/h3-13H,14-15H2,1-2H3,(H,26,27). The van der Waals surface area contributed by atoms with Crippen LogP contribution in [0, 0.1) is 13.8 Å². The van der Waals surface area contributed by atoms with E-state index in [1.807, 2.05) is 0 Å². The molecule has 0 unspecified atom stereocenters. The van der Waals surface area contributed by atoms with Gasteiger partial charge >= 0.3 is 16.1 Å².